The third-order valence-electron chi connectivity index (χ3n) is 5.59. The van der Waals surface area contributed by atoms with Crippen LogP contribution in [0.25, 0.3) is 0 Å². The minimum atomic E-state index is -0.305. The molecule has 4 heteroatoms. The van der Waals surface area contributed by atoms with Crippen LogP contribution in [0, 0.1) is 11.2 Å². The molecule has 0 amide bonds. The molecular weight excluding hydrogens is 287 g/mol. The molecule has 0 radical (unpaired) electrons. The zero-order chi connectivity index (χ0) is 14.9. The van der Waals surface area contributed by atoms with Crippen molar-refractivity contribution >= 4 is 17.3 Å². The van der Waals surface area contributed by atoms with Gasteiger partial charge in [-0.3, -0.25) is 0 Å². The van der Waals surface area contributed by atoms with Crippen LogP contribution in [-0.4, -0.2) is 12.1 Å². The number of hydrogen-bond acceptors (Lipinski definition) is 2. The fourth-order valence-electron chi connectivity index (χ4n) is 4.20. The lowest BCUT2D eigenvalue weighted by Gasteiger charge is -2.45. The molecule has 21 heavy (non-hydrogen) atoms. The molecule has 3 rings (SSSR count). The summed E-state index contributed by atoms with van der Waals surface area (Å²) in [6, 6.07) is 4.61. The molecule has 0 aliphatic heterocycles. The van der Waals surface area contributed by atoms with Crippen LogP contribution in [0.2, 0.25) is 5.02 Å². The minimum Gasteiger partial charge on any atom is -0.378 e. The molecule has 116 valence electrons. The molecule has 2 fully saturated rings. The summed E-state index contributed by atoms with van der Waals surface area (Å²) in [5.41, 5.74) is 7.27. The Kier molecular flexibility index (Phi) is 4.15. The summed E-state index contributed by atoms with van der Waals surface area (Å²) >= 11 is 5.94. The number of anilines is 1. The van der Waals surface area contributed by atoms with Crippen molar-refractivity contribution in [2.75, 3.05) is 11.9 Å². The van der Waals surface area contributed by atoms with Crippen molar-refractivity contribution in [2.45, 2.75) is 56.9 Å². The topological polar surface area (TPSA) is 38.0 Å². The van der Waals surface area contributed by atoms with Crippen LogP contribution in [-0.2, 0) is 0 Å². The highest BCUT2D eigenvalue weighted by molar-refractivity contribution is 6.30. The van der Waals surface area contributed by atoms with E-state index in [1.54, 1.807) is 6.07 Å². The van der Waals surface area contributed by atoms with Gasteiger partial charge in [0.25, 0.3) is 0 Å². The van der Waals surface area contributed by atoms with Crippen molar-refractivity contribution in [3.63, 3.8) is 0 Å². The number of nitrogens with two attached hydrogens (primary N) is 1. The van der Waals surface area contributed by atoms with Crippen LogP contribution in [0.3, 0.4) is 0 Å². The van der Waals surface area contributed by atoms with E-state index in [4.69, 9.17) is 17.3 Å². The van der Waals surface area contributed by atoms with E-state index >= 15 is 0 Å². The SMILES string of the molecule is NCC1(Nc2cc(F)cc(Cl)c2)CCC2(CCCC2)CC1. The summed E-state index contributed by atoms with van der Waals surface area (Å²) in [6.45, 7) is 0.581. The van der Waals surface area contributed by atoms with Crippen LogP contribution >= 0.6 is 11.6 Å². The van der Waals surface area contributed by atoms with Crippen molar-refractivity contribution in [1.29, 1.82) is 0 Å². The summed E-state index contributed by atoms with van der Waals surface area (Å²) < 4.78 is 13.5. The predicted molar refractivity (Wildman–Crippen MR) is 86.2 cm³/mol. The van der Waals surface area contributed by atoms with Crippen LogP contribution in [0.5, 0.6) is 0 Å². The molecule has 0 aromatic heterocycles. The van der Waals surface area contributed by atoms with E-state index in [1.165, 1.54) is 50.7 Å². The van der Waals surface area contributed by atoms with Crippen molar-refractivity contribution in [3.05, 3.63) is 29.0 Å². The molecule has 0 saturated heterocycles. The van der Waals surface area contributed by atoms with Gasteiger partial charge in [0.1, 0.15) is 5.82 Å². The summed E-state index contributed by atoms with van der Waals surface area (Å²) in [7, 11) is 0. The van der Waals surface area contributed by atoms with E-state index in [2.05, 4.69) is 5.32 Å². The molecule has 0 bridgehead atoms. The van der Waals surface area contributed by atoms with Crippen molar-refractivity contribution in [3.8, 4) is 0 Å². The van der Waals surface area contributed by atoms with Crippen molar-refractivity contribution < 1.29 is 4.39 Å². The molecule has 1 spiro atoms. The second-order valence-corrected chi connectivity index (χ2v) is 7.41. The molecule has 2 saturated carbocycles. The zero-order valence-electron chi connectivity index (χ0n) is 12.4. The first-order valence-corrected chi connectivity index (χ1v) is 8.37. The first-order valence-electron chi connectivity index (χ1n) is 7.99. The Labute approximate surface area is 131 Å². The van der Waals surface area contributed by atoms with Gasteiger partial charge in [0.05, 0.1) is 0 Å². The molecule has 0 unspecified atom stereocenters. The molecule has 2 aliphatic carbocycles. The van der Waals surface area contributed by atoms with E-state index in [9.17, 15) is 4.39 Å². The maximum atomic E-state index is 13.5. The average molecular weight is 311 g/mol. The van der Waals surface area contributed by atoms with E-state index in [0.29, 0.717) is 17.0 Å². The standard InChI is InChI=1S/C17H24ClFN2/c18-13-9-14(19)11-15(10-13)21-17(12-20)7-5-16(6-8-17)3-1-2-4-16/h9-11,21H,1-8,12,20H2. The highest BCUT2D eigenvalue weighted by atomic mass is 35.5. The lowest BCUT2D eigenvalue weighted by Crippen LogP contribution is -2.50. The first kappa shape index (κ1) is 15.1. The summed E-state index contributed by atoms with van der Waals surface area (Å²) in [6.07, 6.45) is 10.1. The third kappa shape index (κ3) is 3.19. The number of rotatable bonds is 3. The molecule has 3 N–H and O–H groups in total. The molecule has 0 heterocycles. The van der Waals surface area contributed by atoms with Gasteiger partial charge in [0.15, 0.2) is 0 Å². The summed E-state index contributed by atoms with van der Waals surface area (Å²) in [5.74, 6) is -0.305. The Hall–Kier alpha value is -0.800. The van der Waals surface area contributed by atoms with Crippen LogP contribution in [0.4, 0.5) is 10.1 Å². The van der Waals surface area contributed by atoms with Gasteiger partial charge in [-0.15, -0.1) is 0 Å². The van der Waals surface area contributed by atoms with Gasteiger partial charge >= 0.3 is 0 Å². The van der Waals surface area contributed by atoms with Gasteiger partial charge in [-0.05, 0) is 62.1 Å². The van der Waals surface area contributed by atoms with Gasteiger partial charge < -0.3 is 11.1 Å². The molecular formula is C17H24ClFN2. The molecule has 1 aromatic rings. The van der Waals surface area contributed by atoms with E-state index in [0.717, 1.165) is 18.5 Å². The average Bonchev–Trinajstić information content (AvgIpc) is 2.90. The predicted octanol–water partition coefficient (Wildman–Crippen LogP) is 4.72. The van der Waals surface area contributed by atoms with Gasteiger partial charge in [0.2, 0.25) is 0 Å². The van der Waals surface area contributed by atoms with E-state index < -0.39 is 0 Å². The fourth-order valence-corrected chi connectivity index (χ4v) is 4.42. The Morgan fingerprint density at radius 2 is 1.71 bits per heavy atom. The highest BCUT2D eigenvalue weighted by Gasteiger charge is 2.43. The van der Waals surface area contributed by atoms with E-state index in [-0.39, 0.29) is 11.4 Å². The lowest BCUT2D eigenvalue weighted by molar-refractivity contribution is 0.148. The van der Waals surface area contributed by atoms with Crippen molar-refractivity contribution in [2.24, 2.45) is 11.1 Å². The number of halogens is 2. The first-order chi connectivity index (χ1) is 10.0. The zero-order valence-corrected chi connectivity index (χ0v) is 13.2. The highest BCUT2D eigenvalue weighted by Crippen LogP contribution is 2.51. The van der Waals surface area contributed by atoms with Gasteiger partial charge in [-0.2, -0.15) is 0 Å². The Bertz CT molecular complexity index is 481. The van der Waals surface area contributed by atoms with Crippen LogP contribution in [0.1, 0.15) is 51.4 Å². The Morgan fingerprint density at radius 1 is 1.05 bits per heavy atom. The summed E-state index contributed by atoms with van der Waals surface area (Å²) in [4.78, 5) is 0. The van der Waals surface area contributed by atoms with Crippen molar-refractivity contribution in [1.82, 2.24) is 0 Å². The number of hydrogen-bond donors (Lipinski definition) is 2. The third-order valence-corrected chi connectivity index (χ3v) is 5.81. The monoisotopic (exact) mass is 310 g/mol. The van der Waals surface area contributed by atoms with Crippen LogP contribution in [0.15, 0.2) is 18.2 Å². The second kappa shape index (κ2) is 5.77. The normalized spacial score (nSPS) is 23.4. The fraction of sp³-hybridized carbons (Fsp3) is 0.647. The van der Waals surface area contributed by atoms with Gasteiger partial charge in [-0.1, -0.05) is 24.4 Å². The van der Waals surface area contributed by atoms with Gasteiger partial charge in [0, 0.05) is 22.8 Å². The molecule has 0 atom stereocenters. The quantitative estimate of drug-likeness (QED) is 0.847. The van der Waals surface area contributed by atoms with Crippen LogP contribution < -0.4 is 11.1 Å². The van der Waals surface area contributed by atoms with E-state index in [1.807, 2.05) is 0 Å². The second-order valence-electron chi connectivity index (χ2n) is 6.97. The Morgan fingerprint density at radius 3 is 2.29 bits per heavy atom. The largest absolute Gasteiger partial charge is 0.378 e. The van der Waals surface area contributed by atoms with Gasteiger partial charge in [-0.25, -0.2) is 4.39 Å². The molecule has 1 aromatic carbocycles. The lowest BCUT2D eigenvalue weighted by atomic mass is 9.66. The smallest absolute Gasteiger partial charge is 0.126 e. The maximum Gasteiger partial charge on any atom is 0.126 e. The number of benzene rings is 1. The molecule has 2 nitrogen and oxygen atoms in total. The summed E-state index contributed by atoms with van der Waals surface area (Å²) in [5, 5.41) is 3.91. The maximum absolute atomic E-state index is 13.5. The number of nitrogens with one attached hydrogen (secondary N) is 1. The Balaban J connectivity index is 1.73. The minimum absolute atomic E-state index is 0.106. The molecule has 2 aliphatic rings.